The van der Waals surface area contributed by atoms with Crippen molar-refractivity contribution in [2.45, 2.75) is 31.7 Å². The third-order valence-electron chi connectivity index (χ3n) is 4.60. The van der Waals surface area contributed by atoms with Crippen molar-refractivity contribution in [3.63, 3.8) is 0 Å². The Balaban J connectivity index is 1.51. The first kappa shape index (κ1) is 15.1. The molecular weight excluding hydrogens is 270 g/mol. The fraction of sp³-hybridized carbons (Fsp3) is 0.400. The van der Waals surface area contributed by atoms with E-state index in [1.807, 2.05) is 6.07 Å². The molecule has 2 heteroatoms. The molecule has 0 saturated carbocycles. The molecule has 1 heterocycles. The molecule has 2 aromatic rings. The Bertz CT molecular complexity index is 564. The second-order valence-corrected chi connectivity index (χ2v) is 6.16. The molecular formula is C20H25NO. The Hall–Kier alpha value is -1.80. The molecule has 22 heavy (non-hydrogen) atoms. The minimum atomic E-state index is 0.692. The van der Waals surface area contributed by atoms with Crippen molar-refractivity contribution < 1.29 is 4.74 Å². The van der Waals surface area contributed by atoms with Gasteiger partial charge in [-0.05, 0) is 56.1 Å². The third-order valence-corrected chi connectivity index (χ3v) is 4.60. The summed E-state index contributed by atoms with van der Waals surface area (Å²) in [4.78, 5) is 2.48. The van der Waals surface area contributed by atoms with Gasteiger partial charge in [-0.3, -0.25) is 0 Å². The highest BCUT2D eigenvalue weighted by molar-refractivity contribution is 5.63. The summed E-state index contributed by atoms with van der Waals surface area (Å²) in [7, 11) is 2.23. The van der Waals surface area contributed by atoms with Crippen LogP contribution < -0.4 is 4.74 Å². The maximum absolute atomic E-state index is 5.92. The van der Waals surface area contributed by atoms with Crippen molar-refractivity contribution in [3.8, 4) is 16.9 Å². The fourth-order valence-corrected chi connectivity index (χ4v) is 3.20. The predicted molar refractivity (Wildman–Crippen MR) is 92.3 cm³/mol. The standard InChI is InChI=1S/C20H25NO/c1-21-15-6-5-9-19(21)14-16-22-20-12-10-18(11-13-20)17-7-3-2-4-8-17/h2-4,7-8,10-13,19H,5-6,9,14-16H2,1H3. The zero-order valence-electron chi connectivity index (χ0n) is 13.4. The number of likely N-dealkylation sites (tertiary alicyclic amines) is 1. The lowest BCUT2D eigenvalue weighted by atomic mass is 10.0. The van der Waals surface area contributed by atoms with Crippen molar-refractivity contribution in [2.75, 3.05) is 20.2 Å². The van der Waals surface area contributed by atoms with Gasteiger partial charge in [0.1, 0.15) is 5.75 Å². The maximum atomic E-state index is 5.92. The molecule has 2 aromatic carbocycles. The third kappa shape index (κ3) is 3.89. The Labute approximate surface area is 133 Å². The van der Waals surface area contributed by atoms with Gasteiger partial charge in [-0.25, -0.2) is 0 Å². The zero-order chi connectivity index (χ0) is 15.2. The summed E-state index contributed by atoms with van der Waals surface area (Å²) in [5.74, 6) is 0.971. The van der Waals surface area contributed by atoms with Crippen molar-refractivity contribution in [1.82, 2.24) is 4.90 Å². The average molecular weight is 295 g/mol. The van der Waals surface area contributed by atoms with E-state index in [0.717, 1.165) is 18.8 Å². The van der Waals surface area contributed by atoms with Gasteiger partial charge in [0.15, 0.2) is 0 Å². The van der Waals surface area contributed by atoms with Gasteiger partial charge in [-0.2, -0.15) is 0 Å². The molecule has 1 aliphatic heterocycles. The van der Waals surface area contributed by atoms with Crippen molar-refractivity contribution in [3.05, 3.63) is 54.6 Å². The summed E-state index contributed by atoms with van der Waals surface area (Å²) >= 11 is 0. The largest absolute Gasteiger partial charge is 0.494 e. The SMILES string of the molecule is CN1CCCCC1CCOc1ccc(-c2ccccc2)cc1. The summed E-state index contributed by atoms with van der Waals surface area (Å²) in [5, 5.41) is 0. The highest BCUT2D eigenvalue weighted by Gasteiger charge is 2.18. The van der Waals surface area contributed by atoms with Gasteiger partial charge in [0.2, 0.25) is 0 Å². The maximum Gasteiger partial charge on any atom is 0.119 e. The topological polar surface area (TPSA) is 12.5 Å². The molecule has 116 valence electrons. The van der Waals surface area contributed by atoms with Crippen LogP contribution in [0.25, 0.3) is 11.1 Å². The van der Waals surface area contributed by atoms with E-state index in [9.17, 15) is 0 Å². The smallest absolute Gasteiger partial charge is 0.119 e. The van der Waals surface area contributed by atoms with Crippen LogP contribution in [0.15, 0.2) is 54.6 Å². The minimum absolute atomic E-state index is 0.692. The molecule has 1 fully saturated rings. The van der Waals surface area contributed by atoms with Crippen LogP contribution in [-0.2, 0) is 0 Å². The molecule has 0 bridgehead atoms. The van der Waals surface area contributed by atoms with Crippen molar-refractivity contribution in [1.29, 1.82) is 0 Å². The van der Waals surface area contributed by atoms with Gasteiger partial charge in [0, 0.05) is 6.04 Å². The van der Waals surface area contributed by atoms with Crippen LogP contribution in [0.1, 0.15) is 25.7 Å². The first-order valence-corrected chi connectivity index (χ1v) is 8.31. The van der Waals surface area contributed by atoms with E-state index >= 15 is 0 Å². The second kappa shape index (κ2) is 7.46. The number of hydrogen-bond acceptors (Lipinski definition) is 2. The van der Waals surface area contributed by atoms with Crippen LogP contribution in [0.4, 0.5) is 0 Å². The van der Waals surface area contributed by atoms with E-state index < -0.39 is 0 Å². The van der Waals surface area contributed by atoms with E-state index in [0.29, 0.717) is 6.04 Å². The molecule has 0 amide bonds. The fourth-order valence-electron chi connectivity index (χ4n) is 3.20. The zero-order valence-corrected chi connectivity index (χ0v) is 13.4. The summed E-state index contributed by atoms with van der Waals surface area (Å²) in [5.41, 5.74) is 2.48. The van der Waals surface area contributed by atoms with E-state index in [-0.39, 0.29) is 0 Å². The molecule has 0 aliphatic carbocycles. The van der Waals surface area contributed by atoms with Crippen molar-refractivity contribution in [2.24, 2.45) is 0 Å². The van der Waals surface area contributed by atoms with Crippen LogP contribution in [0.2, 0.25) is 0 Å². The Morgan fingerprint density at radius 1 is 0.955 bits per heavy atom. The number of ether oxygens (including phenoxy) is 1. The molecule has 1 aliphatic rings. The molecule has 1 atom stereocenters. The molecule has 3 rings (SSSR count). The number of nitrogens with zero attached hydrogens (tertiary/aromatic N) is 1. The number of benzene rings is 2. The van der Waals surface area contributed by atoms with Gasteiger partial charge >= 0.3 is 0 Å². The summed E-state index contributed by atoms with van der Waals surface area (Å²) in [6.45, 7) is 2.04. The summed E-state index contributed by atoms with van der Waals surface area (Å²) < 4.78 is 5.92. The van der Waals surface area contributed by atoms with E-state index in [1.54, 1.807) is 0 Å². The number of piperidine rings is 1. The first-order valence-electron chi connectivity index (χ1n) is 8.31. The lowest BCUT2D eigenvalue weighted by Gasteiger charge is -2.32. The van der Waals surface area contributed by atoms with Gasteiger partial charge in [-0.15, -0.1) is 0 Å². The molecule has 1 unspecified atom stereocenters. The van der Waals surface area contributed by atoms with E-state index in [4.69, 9.17) is 4.74 Å². The van der Waals surface area contributed by atoms with Gasteiger partial charge in [0.25, 0.3) is 0 Å². The normalized spacial score (nSPS) is 19.0. The molecule has 1 saturated heterocycles. The Morgan fingerprint density at radius 3 is 2.41 bits per heavy atom. The predicted octanol–water partition coefficient (Wildman–Crippen LogP) is 4.61. The lowest BCUT2D eigenvalue weighted by molar-refractivity contribution is 0.153. The molecule has 0 N–H and O–H groups in total. The van der Waals surface area contributed by atoms with Gasteiger partial charge < -0.3 is 9.64 Å². The minimum Gasteiger partial charge on any atom is -0.494 e. The van der Waals surface area contributed by atoms with E-state index in [1.165, 1.54) is 36.9 Å². The highest BCUT2D eigenvalue weighted by Crippen LogP contribution is 2.23. The van der Waals surface area contributed by atoms with E-state index in [2.05, 4.69) is 60.5 Å². The summed E-state index contributed by atoms with van der Waals surface area (Å²) in [6, 6.07) is 19.6. The van der Waals surface area contributed by atoms with Gasteiger partial charge in [0.05, 0.1) is 6.61 Å². The molecule has 0 aromatic heterocycles. The summed E-state index contributed by atoms with van der Waals surface area (Å²) in [6.07, 6.45) is 5.14. The lowest BCUT2D eigenvalue weighted by Crippen LogP contribution is -2.37. The van der Waals surface area contributed by atoms with Crippen LogP contribution in [0.3, 0.4) is 0 Å². The quantitative estimate of drug-likeness (QED) is 0.799. The van der Waals surface area contributed by atoms with Gasteiger partial charge in [-0.1, -0.05) is 48.9 Å². The monoisotopic (exact) mass is 295 g/mol. The molecule has 2 nitrogen and oxygen atoms in total. The number of hydrogen-bond donors (Lipinski definition) is 0. The van der Waals surface area contributed by atoms with Crippen molar-refractivity contribution >= 4 is 0 Å². The van der Waals surface area contributed by atoms with Crippen LogP contribution in [0, 0.1) is 0 Å². The molecule has 0 radical (unpaired) electrons. The average Bonchev–Trinajstić information content (AvgIpc) is 2.58. The van der Waals surface area contributed by atoms with Crippen LogP contribution in [-0.4, -0.2) is 31.1 Å². The molecule has 0 spiro atoms. The Morgan fingerprint density at radius 2 is 1.68 bits per heavy atom. The van der Waals surface area contributed by atoms with Crippen LogP contribution in [0.5, 0.6) is 5.75 Å². The second-order valence-electron chi connectivity index (χ2n) is 6.16. The Kier molecular flexibility index (Phi) is 5.12. The highest BCUT2D eigenvalue weighted by atomic mass is 16.5. The first-order chi connectivity index (χ1) is 10.8. The van der Waals surface area contributed by atoms with Crippen LogP contribution >= 0.6 is 0 Å². The number of rotatable bonds is 5.